The van der Waals surface area contributed by atoms with Crippen LogP contribution in [-0.2, 0) is 34.1 Å². The normalized spacial score (nSPS) is 0. The maximum Gasteiger partial charge on any atom is 0 e. The SMILES string of the molecule is O.O.O.O.O.O.O.O.O.[Fe].[Fe]. The van der Waals surface area contributed by atoms with E-state index in [9.17, 15) is 0 Å². The standard InChI is InChI=1S/2Fe.9H2O/h;;9*1H2. The van der Waals surface area contributed by atoms with Gasteiger partial charge in [0.1, 0.15) is 0 Å². The molecule has 0 amide bonds. The molecule has 11 heavy (non-hydrogen) atoms. The second kappa shape index (κ2) is 2170. The van der Waals surface area contributed by atoms with Crippen molar-refractivity contribution in [1.82, 2.24) is 0 Å². The molecule has 11 heteroatoms. The zero-order valence-corrected chi connectivity index (χ0v) is 7.42. The van der Waals surface area contributed by atoms with Crippen LogP contribution in [0.4, 0.5) is 0 Å². The van der Waals surface area contributed by atoms with Gasteiger partial charge in [0.2, 0.25) is 0 Å². The Morgan fingerprint density at radius 3 is 0.182 bits per heavy atom. The van der Waals surface area contributed by atoms with Crippen molar-refractivity contribution < 1.29 is 83.4 Å². The van der Waals surface area contributed by atoms with Gasteiger partial charge in [-0.05, 0) is 0 Å². The average molecular weight is 274 g/mol. The first-order chi connectivity index (χ1) is 0. The molecule has 18 N–H and O–H groups in total. The van der Waals surface area contributed by atoms with Crippen LogP contribution in [0.1, 0.15) is 0 Å². The maximum absolute atomic E-state index is 0. The fourth-order valence-electron chi connectivity index (χ4n) is 0. The minimum atomic E-state index is 0. The average Bonchev–Trinajstić information content (AvgIpc) is 0. The summed E-state index contributed by atoms with van der Waals surface area (Å²) in [6.45, 7) is 0. The molecular formula is H18Fe2O9. The summed E-state index contributed by atoms with van der Waals surface area (Å²) in [5.74, 6) is 0. The first-order valence-electron chi connectivity index (χ1n) is 0. The van der Waals surface area contributed by atoms with Gasteiger partial charge in [-0.15, -0.1) is 0 Å². The van der Waals surface area contributed by atoms with Crippen molar-refractivity contribution in [2.24, 2.45) is 0 Å². The van der Waals surface area contributed by atoms with Crippen LogP contribution >= 0.6 is 0 Å². The minimum Gasteiger partial charge on any atom is -0.412 e. The van der Waals surface area contributed by atoms with Crippen LogP contribution in [-0.4, -0.2) is 49.3 Å². The molecule has 0 atom stereocenters. The van der Waals surface area contributed by atoms with E-state index in [1.54, 1.807) is 0 Å². The fraction of sp³-hybridized carbons (Fsp3) is 0. The van der Waals surface area contributed by atoms with Gasteiger partial charge in [0, 0.05) is 34.1 Å². The summed E-state index contributed by atoms with van der Waals surface area (Å²) in [6, 6.07) is 0. The molecule has 0 bridgehead atoms. The van der Waals surface area contributed by atoms with E-state index < -0.39 is 0 Å². The largest absolute Gasteiger partial charge is 0.412 e. The molecule has 0 fully saturated rings. The first-order valence-corrected chi connectivity index (χ1v) is 0. The van der Waals surface area contributed by atoms with Gasteiger partial charge in [-0.1, -0.05) is 0 Å². The predicted molar refractivity (Wildman–Crippen MR) is 32.5 cm³/mol. The van der Waals surface area contributed by atoms with Gasteiger partial charge in [-0.25, -0.2) is 0 Å². The summed E-state index contributed by atoms with van der Waals surface area (Å²) < 4.78 is 0. The Labute approximate surface area is 83.9 Å². The molecule has 0 aromatic heterocycles. The van der Waals surface area contributed by atoms with Crippen molar-refractivity contribution in [3.63, 3.8) is 0 Å². The monoisotopic (exact) mass is 274 g/mol. The third-order valence-corrected chi connectivity index (χ3v) is 0. The molecule has 88 valence electrons. The van der Waals surface area contributed by atoms with E-state index in [4.69, 9.17) is 0 Å². The Hall–Kier alpha value is 0.679. The zero-order valence-electron chi connectivity index (χ0n) is 5.21. The smallest absolute Gasteiger partial charge is 0 e. The van der Waals surface area contributed by atoms with E-state index in [1.165, 1.54) is 0 Å². The molecule has 0 radical (unpaired) electrons. The second-order valence-electron chi connectivity index (χ2n) is 0. The molecule has 0 aliphatic heterocycles. The summed E-state index contributed by atoms with van der Waals surface area (Å²) in [7, 11) is 0. The molecular weight excluding hydrogens is 256 g/mol. The van der Waals surface area contributed by atoms with Crippen LogP contribution in [0.3, 0.4) is 0 Å². The van der Waals surface area contributed by atoms with Crippen LogP contribution in [0.15, 0.2) is 0 Å². The summed E-state index contributed by atoms with van der Waals surface area (Å²) in [4.78, 5) is 0. The van der Waals surface area contributed by atoms with Crippen LogP contribution in [0, 0.1) is 0 Å². The van der Waals surface area contributed by atoms with Crippen LogP contribution in [0.5, 0.6) is 0 Å². The molecule has 0 aliphatic rings. The number of rotatable bonds is 0. The second-order valence-corrected chi connectivity index (χ2v) is 0. The third-order valence-electron chi connectivity index (χ3n) is 0. The molecule has 0 aromatic carbocycles. The van der Waals surface area contributed by atoms with Crippen molar-refractivity contribution >= 4 is 0 Å². The van der Waals surface area contributed by atoms with Gasteiger partial charge in [0.15, 0.2) is 0 Å². The first kappa shape index (κ1) is 2890. The molecule has 0 rings (SSSR count). The van der Waals surface area contributed by atoms with E-state index >= 15 is 0 Å². The molecule has 0 unspecified atom stereocenters. The summed E-state index contributed by atoms with van der Waals surface area (Å²) in [5, 5.41) is 0. The van der Waals surface area contributed by atoms with Gasteiger partial charge in [0.25, 0.3) is 0 Å². The molecule has 0 saturated carbocycles. The van der Waals surface area contributed by atoms with E-state index in [2.05, 4.69) is 0 Å². The maximum atomic E-state index is 0. The Morgan fingerprint density at radius 2 is 0.182 bits per heavy atom. The van der Waals surface area contributed by atoms with E-state index in [0.29, 0.717) is 0 Å². The van der Waals surface area contributed by atoms with Gasteiger partial charge in [0.05, 0.1) is 0 Å². The van der Waals surface area contributed by atoms with E-state index in [0.717, 1.165) is 0 Å². The van der Waals surface area contributed by atoms with Crippen LogP contribution in [0.25, 0.3) is 0 Å². The van der Waals surface area contributed by atoms with Gasteiger partial charge >= 0.3 is 0 Å². The Kier molecular flexibility index (Phi) is 570000. The number of hydrogen-bond donors (Lipinski definition) is 0. The Morgan fingerprint density at radius 1 is 0.182 bits per heavy atom. The van der Waals surface area contributed by atoms with E-state index in [-0.39, 0.29) is 83.4 Å². The number of hydrogen-bond acceptors (Lipinski definition) is 0. The van der Waals surface area contributed by atoms with Gasteiger partial charge < -0.3 is 49.3 Å². The van der Waals surface area contributed by atoms with Crippen molar-refractivity contribution in [3.8, 4) is 0 Å². The molecule has 0 saturated heterocycles. The summed E-state index contributed by atoms with van der Waals surface area (Å²) in [5.41, 5.74) is 0. The van der Waals surface area contributed by atoms with Crippen molar-refractivity contribution in [1.29, 1.82) is 0 Å². The van der Waals surface area contributed by atoms with E-state index in [1.807, 2.05) is 0 Å². The quantitative estimate of drug-likeness (QED) is 0.371. The van der Waals surface area contributed by atoms with Crippen LogP contribution < -0.4 is 0 Å². The summed E-state index contributed by atoms with van der Waals surface area (Å²) in [6.07, 6.45) is 0. The molecule has 9 nitrogen and oxygen atoms in total. The van der Waals surface area contributed by atoms with Crippen LogP contribution in [0.2, 0.25) is 0 Å². The molecule has 0 heterocycles. The minimum absolute atomic E-state index is 0. The van der Waals surface area contributed by atoms with Crippen molar-refractivity contribution in [3.05, 3.63) is 0 Å². The third kappa shape index (κ3) is 1740. The fourth-order valence-corrected chi connectivity index (χ4v) is 0. The Bertz CT molecular complexity index is 7.52. The molecule has 0 aromatic rings. The van der Waals surface area contributed by atoms with Gasteiger partial charge in [-0.2, -0.15) is 0 Å². The van der Waals surface area contributed by atoms with Crippen molar-refractivity contribution in [2.45, 2.75) is 0 Å². The zero-order chi connectivity index (χ0) is 0. The predicted octanol–water partition coefficient (Wildman–Crippen LogP) is -7.43. The summed E-state index contributed by atoms with van der Waals surface area (Å²) >= 11 is 0. The molecule has 0 spiro atoms. The topological polar surface area (TPSA) is 284 Å². The van der Waals surface area contributed by atoms with Gasteiger partial charge in [-0.3, -0.25) is 0 Å². The molecule has 0 aliphatic carbocycles. The Balaban J connectivity index is 0. The van der Waals surface area contributed by atoms with Crippen molar-refractivity contribution in [2.75, 3.05) is 0 Å².